The van der Waals surface area contributed by atoms with E-state index in [-0.39, 0.29) is 12.0 Å². The van der Waals surface area contributed by atoms with Crippen LogP contribution in [0, 0.1) is 11.3 Å². The molecule has 0 N–H and O–H groups in total. The molecule has 3 nitrogen and oxygen atoms in total. The summed E-state index contributed by atoms with van der Waals surface area (Å²) in [5, 5.41) is 8.33. The molecule has 0 unspecified atom stereocenters. The number of rotatable bonds is 2. The van der Waals surface area contributed by atoms with Crippen LogP contribution in [-0.4, -0.2) is 11.3 Å². The number of halogens is 3. The average Bonchev–Trinajstić information content (AvgIpc) is 2.06. The highest BCUT2D eigenvalue weighted by Gasteiger charge is 2.32. The number of ether oxygens (including phenoxy) is 1. The lowest BCUT2D eigenvalue weighted by atomic mass is 10.2. The second-order valence-corrected chi connectivity index (χ2v) is 2.35. The fourth-order valence-corrected chi connectivity index (χ4v) is 0.845. The van der Waals surface area contributed by atoms with E-state index in [1.54, 1.807) is 6.07 Å². The minimum absolute atomic E-state index is 0.118. The molecule has 6 heteroatoms. The van der Waals surface area contributed by atoms with E-state index in [0.717, 1.165) is 0 Å². The highest BCUT2D eigenvalue weighted by atomic mass is 19.4. The molecular weight excluding hydrogens is 197 g/mol. The van der Waals surface area contributed by atoms with Crippen LogP contribution in [0.1, 0.15) is 5.56 Å². The summed E-state index contributed by atoms with van der Waals surface area (Å²) in [6, 6.07) is 4.52. The van der Waals surface area contributed by atoms with E-state index in [1.807, 2.05) is 0 Å². The largest absolute Gasteiger partial charge is 0.574 e. The Morgan fingerprint density at radius 2 is 2.21 bits per heavy atom. The normalized spacial score (nSPS) is 10.7. The Balaban J connectivity index is 2.91. The molecule has 0 aliphatic rings. The molecule has 0 radical (unpaired) electrons. The summed E-state index contributed by atoms with van der Waals surface area (Å²) < 4.78 is 39.1. The van der Waals surface area contributed by atoms with E-state index in [2.05, 4.69) is 9.72 Å². The number of nitriles is 1. The van der Waals surface area contributed by atoms with E-state index in [0.29, 0.717) is 0 Å². The van der Waals surface area contributed by atoms with Crippen molar-refractivity contribution in [3.8, 4) is 11.9 Å². The number of hydrogen-bond acceptors (Lipinski definition) is 3. The Hall–Kier alpha value is -1.77. The highest BCUT2D eigenvalue weighted by Crippen LogP contribution is 2.23. The smallest absolute Gasteiger partial charge is 0.388 e. The van der Waals surface area contributed by atoms with Gasteiger partial charge < -0.3 is 4.74 Å². The van der Waals surface area contributed by atoms with E-state index in [9.17, 15) is 13.2 Å². The van der Waals surface area contributed by atoms with Gasteiger partial charge in [0.2, 0.25) is 5.88 Å². The van der Waals surface area contributed by atoms with Gasteiger partial charge in [-0.1, -0.05) is 6.07 Å². The predicted molar refractivity (Wildman–Crippen MR) is 40.2 cm³/mol. The van der Waals surface area contributed by atoms with E-state index < -0.39 is 12.2 Å². The quantitative estimate of drug-likeness (QED) is 0.737. The first kappa shape index (κ1) is 10.3. The molecule has 0 spiro atoms. The number of hydrogen-bond donors (Lipinski definition) is 0. The van der Waals surface area contributed by atoms with Gasteiger partial charge in [0.25, 0.3) is 0 Å². The van der Waals surface area contributed by atoms with Crippen LogP contribution in [0.5, 0.6) is 5.88 Å². The first-order valence-electron chi connectivity index (χ1n) is 3.59. The van der Waals surface area contributed by atoms with Crippen LogP contribution in [0.15, 0.2) is 18.3 Å². The van der Waals surface area contributed by atoms with Crippen LogP contribution < -0.4 is 4.74 Å². The van der Waals surface area contributed by atoms with Crippen LogP contribution in [0.3, 0.4) is 0 Å². The van der Waals surface area contributed by atoms with Crippen molar-refractivity contribution in [1.82, 2.24) is 4.98 Å². The van der Waals surface area contributed by atoms with Crippen molar-refractivity contribution in [2.75, 3.05) is 0 Å². The molecule has 1 aromatic rings. The first-order chi connectivity index (χ1) is 6.53. The molecule has 0 amide bonds. The number of pyridine rings is 1. The lowest BCUT2D eigenvalue weighted by Crippen LogP contribution is -2.18. The van der Waals surface area contributed by atoms with E-state index in [4.69, 9.17) is 5.26 Å². The molecule has 74 valence electrons. The molecule has 0 saturated carbocycles. The molecule has 14 heavy (non-hydrogen) atoms. The Kier molecular flexibility index (Phi) is 2.92. The molecular formula is C8H5F3N2O. The van der Waals surface area contributed by atoms with Gasteiger partial charge in [-0.2, -0.15) is 5.26 Å². The number of aromatic nitrogens is 1. The first-order valence-corrected chi connectivity index (χ1v) is 3.59. The van der Waals surface area contributed by atoms with Gasteiger partial charge in [-0.25, -0.2) is 4.98 Å². The summed E-state index contributed by atoms with van der Waals surface area (Å²) in [6.45, 7) is 0. The second kappa shape index (κ2) is 3.96. The van der Waals surface area contributed by atoms with Crippen molar-refractivity contribution in [2.24, 2.45) is 0 Å². The molecule has 1 heterocycles. The summed E-state index contributed by atoms with van der Waals surface area (Å²) in [4.78, 5) is 3.39. The lowest BCUT2D eigenvalue weighted by molar-refractivity contribution is -0.276. The fourth-order valence-electron chi connectivity index (χ4n) is 0.845. The van der Waals surface area contributed by atoms with Crippen molar-refractivity contribution in [3.05, 3.63) is 23.9 Å². The molecule has 0 bridgehead atoms. The van der Waals surface area contributed by atoms with E-state index >= 15 is 0 Å². The third-order valence-corrected chi connectivity index (χ3v) is 1.33. The van der Waals surface area contributed by atoms with Crippen molar-refractivity contribution in [1.29, 1.82) is 5.26 Å². The summed E-state index contributed by atoms with van der Waals surface area (Å²) in [7, 11) is 0. The van der Waals surface area contributed by atoms with Gasteiger partial charge in [-0.3, -0.25) is 0 Å². The fraction of sp³-hybridized carbons (Fsp3) is 0.250. The third-order valence-electron chi connectivity index (χ3n) is 1.33. The van der Waals surface area contributed by atoms with Gasteiger partial charge in [0.05, 0.1) is 12.5 Å². The van der Waals surface area contributed by atoms with Crippen LogP contribution in [0.4, 0.5) is 13.2 Å². The SMILES string of the molecule is N#CCc1cccnc1OC(F)(F)F. The Labute approximate surface area is 77.7 Å². The summed E-state index contributed by atoms with van der Waals surface area (Å²) >= 11 is 0. The zero-order valence-corrected chi connectivity index (χ0v) is 6.88. The van der Waals surface area contributed by atoms with Crippen molar-refractivity contribution in [3.63, 3.8) is 0 Å². The molecule has 0 aliphatic heterocycles. The summed E-state index contributed by atoms with van der Waals surface area (Å²) in [5.74, 6) is -0.568. The monoisotopic (exact) mass is 202 g/mol. The number of nitrogens with zero attached hydrogens (tertiary/aromatic N) is 2. The van der Waals surface area contributed by atoms with Gasteiger partial charge >= 0.3 is 6.36 Å². The van der Waals surface area contributed by atoms with Crippen LogP contribution in [0.25, 0.3) is 0 Å². The molecule has 0 aromatic carbocycles. The summed E-state index contributed by atoms with van der Waals surface area (Å²) in [5.41, 5.74) is 0.118. The van der Waals surface area contributed by atoms with Crippen molar-refractivity contribution in [2.45, 2.75) is 12.8 Å². The van der Waals surface area contributed by atoms with Crippen LogP contribution >= 0.6 is 0 Å². The Bertz CT molecular complexity index is 356. The van der Waals surface area contributed by atoms with Crippen molar-refractivity contribution >= 4 is 0 Å². The highest BCUT2D eigenvalue weighted by molar-refractivity contribution is 5.28. The zero-order chi connectivity index (χ0) is 10.6. The van der Waals surface area contributed by atoms with Gasteiger partial charge in [-0.15, -0.1) is 13.2 Å². The van der Waals surface area contributed by atoms with Gasteiger partial charge in [0.15, 0.2) is 0 Å². The van der Waals surface area contributed by atoms with Crippen LogP contribution in [0.2, 0.25) is 0 Å². The van der Waals surface area contributed by atoms with E-state index in [1.165, 1.54) is 18.3 Å². The lowest BCUT2D eigenvalue weighted by Gasteiger charge is -2.09. The standard InChI is InChI=1S/C8H5F3N2O/c9-8(10,11)14-7-6(3-4-12)2-1-5-13-7/h1-2,5H,3H2. The topological polar surface area (TPSA) is 45.9 Å². The minimum atomic E-state index is -4.78. The third kappa shape index (κ3) is 2.94. The minimum Gasteiger partial charge on any atom is -0.388 e. The molecule has 1 aromatic heterocycles. The second-order valence-electron chi connectivity index (χ2n) is 2.35. The maximum atomic E-state index is 11.8. The predicted octanol–water partition coefficient (Wildman–Crippen LogP) is 2.05. The maximum absolute atomic E-state index is 11.8. The van der Waals surface area contributed by atoms with Crippen LogP contribution in [-0.2, 0) is 6.42 Å². The Morgan fingerprint density at radius 3 is 2.79 bits per heavy atom. The van der Waals surface area contributed by atoms with Gasteiger partial charge in [-0.05, 0) is 6.07 Å². The molecule has 0 atom stereocenters. The van der Waals surface area contributed by atoms with Gasteiger partial charge in [0.1, 0.15) is 0 Å². The molecule has 1 rings (SSSR count). The maximum Gasteiger partial charge on any atom is 0.574 e. The zero-order valence-electron chi connectivity index (χ0n) is 6.88. The number of alkyl halides is 3. The molecule has 0 saturated heterocycles. The molecule has 0 fully saturated rings. The summed E-state index contributed by atoms with van der Waals surface area (Å²) in [6.07, 6.45) is -3.78. The average molecular weight is 202 g/mol. The van der Waals surface area contributed by atoms with Crippen molar-refractivity contribution < 1.29 is 17.9 Å². The molecule has 0 aliphatic carbocycles. The Morgan fingerprint density at radius 1 is 1.50 bits per heavy atom. The van der Waals surface area contributed by atoms with Gasteiger partial charge in [0, 0.05) is 11.8 Å².